The molecule has 1 heterocycles. The van der Waals surface area contributed by atoms with Gasteiger partial charge < -0.3 is 15.7 Å². The lowest BCUT2D eigenvalue weighted by Crippen LogP contribution is -2.44. The van der Waals surface area contributed by atoms with Gasteiger partial charge in [0.15, 0.2) is 0 Å². The lowest BCUT2D eigenvalue weighted by atomic mass is 9.93. The van der Waals surface area contributed by atoms with Gasteiger partial charge in [-0.2, -0.15) is 0 Å². The summed E-state index contributed by atoms with van der Waals surface area (Å²) in [5.74, 6) is 0.203. The van der Waals surface area contributed by atoms with Gasteiger partial charge in [-0.3, -0.25) is 9.59 Å². The van der Waals surface area contributed by atoms with Crippen molar-refractivity contribution in [3.63, 3.8) is 0 Å². The van der Waals surface area contributed by atoms with Crippen LogP contribution in [0.2, 0.25) is 0 Å². The molecule has 0 aromatic rings. The minimum atomic E-state index is -0.876. The van der Waals surface area contributed by atoms with Crippen LogP contribution < -0.4 is 10.6 Å². The van der Waals surface area contributed by atoms with E-state index in [1.165, 1.54) is 12.8 Å². The molecule has 5 heteroatoms. The smallest absolute Gasteiger partial charge is 0.305 e. The number of aliphatic carboxylic acids is 1. The summed E-state index contributed by atoms with van der Waals surface area (Å²) >= 11 is 0. The maximum atomic E-state index is 11.8. The number of hydrogen-bond acceptors (Lipinski definition) is 3. The van der Waals surface area contributed by atoms with E-state index in [1.54, 1.807) is 0 Å². The van der Waals surface area contributed by atoms with Crippen LogP contribution in [0.25, 0.3) is 0 Å². The maximum Gasteiger partial charge on any atom is 0.305 e. The van der Waals surface area contributed by atoms with E-state index in [-0.39, 0.29) is 24.9 Å². The third kappa shape index (κ3) is 2.35. The molecule has 5 nitrogen and oxygen atoms in total. The second-order valence-corrected chi connectivity index (χ2v) is 4.68. The fourth-order valence-electron chi connectivity index (χ4n) is 2.88. The van der Waals surface area contributed by atoms with E-state index in [1.807, 2.05) is 0 Å². The molecule has 2 fully saturated rings. The van der Waals surface area contributed by atoms with E-state index in [0.717, 1.165) is 13.0 Å². The Morgan fingerprint density at radius 1 is 1.38 bits per heavy atom. The van der Waals surface area contributed by atoms with Gasteiger partial charge >= 0.3 is 5.97 Å². The van der Waals surface area contributed by atoms with Crippen molar-refractivity contribution in [3.8, 4) is 0 Å². The normalized spacial score (nSPS) is 32.4. The minimum absolute atomic E-state index is 0.00739. The molecule has 0 spiro atoms. The van der Waals surface area contributed by atoms with Crippen LogP contribution in [0.4, 0.5) is 0 Å². The van der Waals surface area contributed by atoms with E-state index in [2.05, 4.69) is 10.6 Å². The molecule has 0 aromatic carbocycles. The monoisotopic (exact) mass is 226 g/mol. The molecule has 1 amide bonds. The predicted octanol–water partition coefficient (Wildman–Crippen LogP) is -0.0346. The highest BCUT2D eigenvalue weighted by Crippen LogP contribution is 2.37. The first-order valence-electron chi connectivity index (χ1n) is 5.91. The predicted molar refractivity (Wildman–Crippen MR) is 57.9 cm³/mol. The highest BCUT2D eigenvalue weighted by Gasteiger charge is 2.42. The molecule has 0 radical (unpaired) electrons. The fourth-order valence-corrected chi connectivity index (χ4v) is 2.88. The van der Waals surface area contributed by atoms with Crippen LogP contribution in [0, 0.1) is 11.8 Å². The molecule has 1 saturated carbocycles. The van der Waals surface area contributed by atoms with E-state index in [0.29, 0.717) is 11.8 Å². The Kier molecular flexibility index (Phi) is 3.43. The third-order valence-corrected chi connectivity index (χ3v) is 3.67. The zero-order valence-electron chi connectivity index (χ0n) is 9.24. The minimum Gasteiger partial charge on any atom is -0.481 e. The van der Waals surface area contributed by atoms with Crippen molar-refractivity contribution in [2.24, 2.45) is 11.8 Å². The van der Waals surface area contributed by atoms with Crippen molar-refractivity contribution in [3.05, 3.63) is 0 Å². The molecule has 0 bridgehead atoms. The molecule has 1 aliphatic heterocycles. The summed E-state index contributed by atoms with van der Waals surface area (Å²) in [4.78, 5) is 22.1. The van der Waals surface area contributed by atoms with Crippen LogP contribution in [-0.2, 0) is 9.59 Å². The van der Waals surface area contributed by atoms with Gasteiger partial charge in [-0.25, -0.2) is 0 Å². The number of fused-ring (bicyclic) bond motifs is 1. The Hall–Kier alpha value is -1.10. The van der Waals surface area contributed by atoms with Crippen LogP contribution in [0.3, 0.4) is 0 Å². The average Bonchev–Trinajstić information content (AvgIpc) is 2.76. The first-order valence-corrected chi connectivity index (χ1v) is 5.91. The molecule has 2 rings (SSSR count). The van der Waals surface area contributed by atoms with E-state index < -0.39 is 5.97 Å². The number of carbonyl (C=O) groups is 2. The van der Waals surface area contributed by atoms with Crippen molar-refractivity contribution in [1.82, 2.24) is 10.6 Å². The number of carbonyl (C=O) groups excluding carboxylic acids is 1. The molecular weight excluding hydrogens is 208 g/mol. The number of carboxylic acids is 1. The van der Waals surface area contributed by atoms with Crippen molar-refractivity contribution in [2.45, 2.75) is 31.7 Å². The van der Waals surface area contributed by atoms with E-state index in [9.17, 15) is 9.59 Å². The molecule has 1 aliphatic carbocycles. The zero-order valence-corrected chi connectivity index (χ0v) is 9.24. The zero-order chi connectivity index (χ0) is 11.5. The van der Waals surface area contributed by atoms with E-state index >= 15 is 0 Å². The maximum absolute atomic E-state index is 11.8. The first kappa shape index (κ1) is 11.4. The van der Waals surface area contributed by atoms with Gasteiger partial charge in [0.2, 0.25) is 5.91 Å². The molecule has 1 saturated heterocycles. The summed E-state index contributed by atoms with van der Waals surface area (Å²) in [7, 11) is 0. The molecule has 3 unspecified atom stereocenters. The highest BCUT2D eigenvalue weighted by atomic mass is 16.4. The Morgan fingerprint density at radius 2 is 2.19 bits per heavy atom. The molecule has 0 aromatic heterocycles. The van der Waals surface area contributed by atoms with E-state index in [4.69, 9.17) is 5.11 Å². The topological polar surface area (TPSA) is 78.4 Å². The van der Waals surface area contributed by atoms with Crippen LogP contribution >= 0.6 is 0 Å². The van der Waals surface area contributed by atoms with Crippen molar-refractivity contribution >= 4 is 11.9 Å². The van der Waals surface area contributed by atoms with Crippen LogP contribution in [-0.4, -0.2) is 36.1 Å². The Balaban J connectivity index is 1.79. The standard InChI is InChI=1S/C11H18N2O3/c14-9(15)4-5-12-11(16)10-8-3-1-2-7(8)6-13-10/h7-8,10,13H,1-6H2,(H,12,16)(H,14,15). The number of hydrogen-bond donors (Lipinski definition) is 3. The van der Waals surface area contributed by atoms with Crippen LogP contribution in [0.1, 0.15) is 25.7 Å². The van der Waals surface area contributed by atoms with Crippen molar-refractivity contribution < 1.29 is 14.7 Å². The van der Waals surface area contributed by atoms with Gasteiger partial charge in [0.05, 0.1) is 12.5 Å². The summed E-state index contributed by atoms with van der Waals surface area (Å²) in [5, 5.41) is 14.4. The summed E-state index contributed by atoms with van der Waals surface area (Å²) in [6.45, 7) is 1.16. The van der Waals surface area contributed by atoms with Gasteiger partial charge in [-0.15, -0.1) is 0 Å². The second kappa shape index (κ2) is 4.82. The number of nitrogens with one attached hydrogen (secondary N) is 2. The first-order chi connectivity index (χ1) is 7.68. The Bertz CT molecular complexity index is 293. The van der Waals surface area contributed by atoms with Gasteiger partial charge in [-0.1, -0.05) is 6.42 Å². The second-order valence-electron chi connectivity index (χ2n) is 4.68. The number of carboxylic acid groups (broad SMARTS) is 1. The molecule has 16 heavy (non-hydrogen) atoms. The largest absolute Gasteiger partial charge is 0.481 e. The lowest BCUT2D eigenvalue weighted by molar-refractivity contribution is -0.137. The molecule has 3 atom stereocenters. The highest BCUT2D eigenvalue weighted by molar-refractivity contribution is 5.83. The number of rotatable bonds is 4. The summed E-state index contributed by atoms with van der Waals surface area (Å²) in [6, 6.07) is -0.0960. The average molecular weight is 226 g/mol. The molecule has 3 N–H and O–H groups in total. The van der Waals surface area contributed by atoms with Crippen LogP contribution in [0.5, 0.6) is 0 Å². The van der Waals surface area contributed by atoms with Gasteiger partial charge in [0.1, 0.15) is 0 Å². The molecule has 2 aliphatic rings. The third-order valence-electron chi connectivity index (χ3n) is 3.67. The summed E-state index contributed by atoms with van der Waals surface area (Å²) in [5.41, 5.74) is 0. The SMILES string of the molecule is O=C(O)CCNC(=O)C1NCC2CCCC21. The Labute approximate surface area is 94.6 Å². The van der Waals surface area contributed by atoms with Crippen molar-refractivity contribution in [1.29, 1.82) is 0 Å². The quantitative estimate of drug-likeness (QED) is 0.629. The van der Waals surface area contributed by atoms with Crippen molar-refractivity contribution in [2.75, 3.05) is 13.1 Å². The van der Waals surface area contributed by atoms with Gasteiger partial charge in [0.25, 0.3) is 0 Å². The van der Waals surface area contributed by atoms with Gasteiger partial charge in [-0.05, 0) is 31.2 Å². The lowest BCUT2D eigenvalue weighted by Gasteiger charge is -2.17. The molecule has 90 valence electrons. The van der Waals surface area contributed by atoms with Crippen LogP contribution in [0.15, 0.2) is 0 Å². The number of amides is 1. The summed E-state index contributed by atoms with van der Waals surface area (Å²) < 4.78 is 0. The summed E-state index contributed by atoms with van der Waals surface area (Å²) in [6.07, 6.45) is 3.55. The molecular formula is C11H18N2O3. The van der Waals surface area contributed by atoms with Gasteiger partial charge in [0, 0.05) is 6.54 Å². The fraction of sp³-hybridized carbons (Fsp3) is 0.818. The Morgan fingerprint density at radius 3 is 2.94 bits per heavy atom.